The molecule has 3 N–H and O–H groups in total. The van der Waals surface area contributed by atoms with Crippen LogP contribution in [0.25, 0.3) is 10.1 Å². The zero-order valence-electron chi connectivity index (χ0n) is 19.0. The third-order valence-corrected chi connectivity index (χ3v) is 7.19. The van der Waals surface area contributed by atoms with Crippen molar-refractivity contribution in [3.05, 3.63) is 65.4 Å². The SMILES string of the molecule is CC(c1ccccc1)[N+]([O-])(C(=O)O)N1CCCC(C(=O)NCCNc2nsc3ccccc23)C1. The number of anilines is 1. The highest BCUT2D eigenvalue weighted by atomic mass is 32.1. The van der Waals surface area contributed by atoms with Gasteiger partial charge in [0, 0.05) is 30.6 Å². The predicted octanol–water partition coefficient (Wildman–Crippen LogP) is 4.21. The molecule has 180 valence electrons. The molecule has 3 atom stereocenters. The summed E-state index contributed by atoms with van der Waals surface area (Å²) in [5.74, 6) is 0.185. The summed E-state index contributed by atoms with van der Waals surface area (Å²) in [5, 5.41) is 32.1. The average Bonchev–Trinajstić information content (AvgIpc) is 3.29. The lowest BCUT2D eigenvalue weighted by molar-refractivity contribution is -0.956. The molecular formula is C24H29N5O4S. The molecule has 10 heteroatoms. The van der Waals surface area contributed by atoms with E-state index in [0.29, 0.717) is 38.0 Å². The van der Waals surface area contributed by atoms with Crippen LogP contribution in [0.3, 0.4) is 0 Å². The monoisotopic (exact) mass is 483 g/mol. The Morgan fingerprint density at radius 1 is 1.21 bits per heavy atom. The fraction of sp³-hybridized carbons (Fsp3) is 0.375. The number of hydrogen-bond acceptors (Lipinski definition) is 7. The summed E-state index contributed by atoms with van der Waals surface area (Å²) < 4.78 is 3.99. The van der Waals surface area contributed by atoms with Crippen molar-refractivity contribution < 1.29 is 19.5 Å². The average molecular weight is 484 g/mol. The van der Waals surface area contributed by atoms with Gasteiger partial charge >= 0.3 is 6.09 Å². The highest BCUT2D eigenvalue weighted by molar-refractivity contribution is 7.13. The number of carbonyl (C=O) groups is 2. The third kappa shape index (κ3) is 4.90. The van der Waals surface area contributed by atoms with Crippen LogP contribution in [0.4, 0.5) is 10.6 Å². The minimum Gasteiger partial charge on any atom is -0.601 e. The molecule has 3 unspecified atom stereocenters. The van der Waals surface area contributed by atoms with Gasteiger partial charge in [0.05, 0.1) is 17.2 Å². The number of aromatic nitrogens is 1. The first-order valence-corrected chi connectivity index (χ1v) is 12.2. The second-order valence-electron chi connectivity index (χ2n) is 8.49. The van der Waals surface area contributed by atoms with Gasteiger partial charge in [-0.3, -0.25) is 4.79 Å². The number of quaternary nitrogens is 1. The zero-order valence-corrected chi connectivity index (χ0v) is 19.8. The van der Waals surface area contributed by atoms with Gasteiger partial charge in [0.15, 0.2) is 0 Å². The molecule has 0 radical (unpaired) electrons. The predicted molar refractivity (Wildman–Crippen MR) is 132 cm³/mol. The Hall–Kier alpha value is -3.05. The molecule has 0 bridgehead atoms. The van der Waals surface area contributed by atoms with Crippen LogP contribution in [0.5, 0.6) is 0 Å². The first-order valence-electron chi connectivity index (χ1n) is 11.4. The molecule has 2 aromatic carbocycles. The number of carboxylic acid groups (broad SMARTS) is 1. The maximum atomic E-state index is 13.6. The molecule has 1 saturated heterocycles. The van der Waals surface area contributed by atoms with Crippen LogP contribution < -0.4 is 10.6 Å². The Kier molecular flexibility index (Phi) is 7.42. The minimum atomic E-state index is -1.52. The Morgan fingerprint density at radius 2 is 1.94 bits per heavy atom. The van der Waals surface area contributed by atoms with Crippen LogP contribution in [0.1, 0.15) is 31.4 Å². The largest absolute Gasteiger partial charge is 0.601 e. The molecule has 0 saturated carbocycles. The minimum absolute atomic E-state index is 0.100. The lowest BCUT2D eigenvalue weighted by Crippen LogP contribution is -2.63. The van der Waals surface area contributed by atoms with Crippen molar-refractivity contribution in [3.63, 3.8) is 0 Å². The summed E-state index contributed by atoms with van der Waals surface area (Å²) in [6.45, 7) is 2.96. The maximum absolute atomic E-state index is 13.6. The van der Waals surface area contributed by atoms with E-state index in [4.69, 9.17) is 0 Å². The standard InChI is InChI=1S/C24H29N5O4S/c1-17(18-8-3-2-4-9-18)29(33,24(31)32)28-15-7-10-19(16-28)23(30)26-14-13-25-22-20-11-5-6-12-21(20)34-27-22/h2-6,8-9,11-12,17,19H,7,10,13-16H2,1H3,(H,25,27)(H,26,30)(H,31,32). The fourth-order valence-electron chi connectivity index (χ4n) is 4.43. The number of amides is 2. The van der Waals surface area contributed by atoms with Gasteiger partial charge in [0.25, 0.3) is 0 Å². The smallest absolute Gasteiger partial charge is 0.534 e. The quantitative estimate of drug-likeness (QED) is 0.250. The number of carbonyl (C=O) groups excluding carboxylic acids is 1. The molecule has 9 nitrogen and oxygen atoms in total. The van der Waals surface area contributed by atoms with Crippen molar-refractivity contribution in [3.8, 4) is 0 Å². The van der Waals surface area contributed by atoms with Gasteiger partial charge in [-0.05, 0) is 43.4 Å². The summed E-state index contributed by atoms with van der Waals surface area (Å²) in [7, 11) is 0. The maximum Gasteiger partial charge on any atom is 0.534 e. The molecule has 3 aromatic rings. The van der Waals surface area contributed by atoms with Gasteiger partial charge in [0.2, 0.25) is 5.91 Å². The number of fused-ring (bicyclic) bond motifs is 1. The van der Waals surface area contributed by atoms with Gasteiger partial charge in [-0.1, -0.05) is 42.5 Å². The third-order valence-electron chi connectivity index (χ3n) is 6.37. The van der Waals surface area contributed by atoms with E-state index in [-0.39, 0.29) is 12.5 Å². The van der Waals surface area contributed by atoms with E-state index in [9.17, 15) is 19.9 Å². The summed E-state index contributed by atoms with van der Waals surface area (Å²) in [5.41, 5.74) is 0.645. The van der Waals surface area contributed by atoms with E-state index in [1.54, 1.807) is 31.2 Å². The molecule has 34 heavy (non-hydrogen) atoms. The molecule has 1 aliphatic rings. The van der Waals surface area contributed by atoms with Crippen molar-refractivity contribution in [2.24, 2.45) is 5.92 Å². The van der Waals surface area contributed by atoms with Crippen LogP contribution >= 0.6 is 11.5 Å². The number of rotatable bonds is 8. The number of piperidine rings is 1. The number of benzene rings is 2. The molecule has 4 rings (SSSR count). The Morgan fingerprint density at radius 3 is 2.71 bits per heavy atom. The van der Waals surface area contributed by atoms with Gasteiger partial charge < -0.3 is 20.9 Å². The van der Waals surface area contributed by atoms with Crippen LogP contribution in [-0.4, -0.2) is 57.4 Å². The van der Waals surface area contributed by atoms with Crippen molar-refractivity contribution in [2.45, 2.75) is 25.8 Å². The summed E-state index contributed by atoms with van der Waals surface area (Å²) in [4.78, 5) is 25.0. The highest BCUT2D eigenvalue weighted by Gasteiger charge is 2.44. The Balaban J connectivity index is 1.34. The van der Waals surface area contributed by atoms with Crippen molar-refractivity contribution in [2.75, 3.05) is 31.5 Å². The van der Waals surface area contributed by atoms with Crippen molar-refractivity contribution in [1.82, 2.24) is 14.7 Å². The van der Waals surface area contributed by atoms with Crippen LogP contribution in [0, 0.1) is 11.1 Å². The van der Waals surface area contributed by atoms with E-state index < -0.39 is 22.8 Å². The number of nitrogens with zero attached hydrogens (tertiary/aromatic N) is 3. The fourth-order valence-corrected chi connectivity index (χ4v) is 5.19. The van der Waals surface area contributed by atoms with E-state index in [2.05, 4.69) is 15.0 Å². The topological polar surface area (TPSA) is 118 Å². The summed E-state index contributed by atoms with van der Waals surface area (Å²) >= 11 is 1.42. The van der Waals surface area contributed by atoms with Crippen molar-refractivity contribution >= 4 is 39.4 Å². The summed E-state index contributed by atoms with van der Waals surface area (Å²) in [6.07, 6.45) is -0.276. The zero-order chi connectivity index (χ0) is 24.1. The number of hydroxylamine groups is 2. The van der Waals surface area contributed by atoms with Gasteiger partial charge in [-0.25, -0.2) is 0 Å². The molecule has 2 heterocycles. The normalized spacial score (nSPS) is 19.3. The number of hydrogen-bond donors (Lipinski definition) is 3. The number of nitrogens with one attached hydrogen (secondary N) is 2. The van der Waals surface area contributed by atoms with Crippen LogP contribution in [0.15, 0.2) is 54.6 Å². The van der Waals surface area contributed by atoms with E-state index in [0.717, 1.165) is 15.9 Å². The van der Waals surface area contributed by atoms with Crippen LogP contribution in [0.2, 0.25) is 0 Å². The van der Waals surface area contributed by atoms with E-state index in [1.165, 1.54) is 16.5 Å². The molecule has 1 aliphatic heterocycles. The highest BCUT2D eigenvalue weighted by Crippen LogP contribution is 2.33. The second kappa shape index (κ2) is 10.5. The lowest BCUT2D eigenvalue weighted by Gasteiger charge is -2.50. The second-order valence-corrected chi connectivity index (χ2v) is 9.29. The summed E-state index contributed by atoms with van der Waals surface area (Å²) in [6, 6.07) is 16.0. The lowest BCUT2D eigenvalue weighted by atomic mass is 9.97. The van der Waals surface area contributed by atoms with E-state index in [1.807, 2.05) is 30.3 Å². The molecule has 2 amide bonds. The molecule has 1 fully saturated rings. The first kappa shape index (κ1) is 24.1. The molecule has 0 spiro atoms. The van der Waals surface area contributed by atoms with Crippen molar-refractivity contribution in [1.29, 1.82) is 0 Å². The Bertz CT molecular complexity index is 1140. The first-order chi connectivity index (χ1) is 16.4. The molecular weight excluding hydrogens is 454 g/mol. The molecule has 1 aromatic heterocycles. The van der Waals surface area contributed by atoms with E-state index >= 15 is 0 Å². The Labute approximate surface area is 202 Å². The van der Waals surface area contributed by atoms with Gasteiger partial charge in [0.1, 0.15) is 11.9 Å². The van der Waals surface area contributed by atoms with Crippen LogP contribution in [-0.2, 0) is 4.79 Å². The molecule has 0 aliphatic carbocycles. The van der Waals surface area contributed by atoms with Gasteiger partial charge in [-0.15, -0.1) is 5.01 Å². The van der Waals surface area contributed by atoms with Gasteiger partial charge in [-0.2, -0.15) is 13.9 Å².